The highest BCUT2D eigenvalue weighted by Gasteiger charge is 2.37. The molecule has 3 N–H and O–H groups in total. The van der Waals surface area contributed by atoms with Crippen LogP contribution in [0.5, 0.6) is 0 Å². The Labute approximate surface area is 229 Å². The van der Waals surface area contributed by atoms with Gasteiger partial charge in [-0.05, 0) is 86.9 Å². The molecule has 2 aromatic carbocycles. The second-order valence-electron chi connectivity index (χ2n) is 11.6. The first-order chi connectivity index (χ1) is 19.0. The van der Waals surface area contributed by atoms with Crippen molar-refractivity contribution in [3.63, 3.8) is 0 Å². The molecule has 0 saturated carbocycles. The van der Waals surface area contributed by atoms with Crippen LogP contribution >= 0.6 is 0 Å². The molecule has 2 aliphatic heterocycles. The van der Waals surface area contributed by atoms with Gasteiger partial charge >= 0.3 is 0 Å². The number of aromatic amines is 1. The van der Waals surface area contributed by atoms with Gasteiger partial charge in [-0.3, -0.25) is 14.9 Å². The summed E-state index contributed by atoms with van der Waals surface area (Å²) in [5.74, 6) is 0.298. The molecule has 0 aliphatic carbocycles. The third-order valence-corrected chi connectivity index (χ3v) is 8.27. The quantitative estimate of drug-likeness (QED) is 0.275. The average Bonchev–Trinajstić information content (AvgIpc) is 3.36. The minimum atomic E-state index is -0.178. The maximum Gasteiger partial charge on any atom is 0.251 e. The van der Waals surface area contributed by atoms with Crippen molar-refractivity contribution < 1.29 is 9.90 Å². The molecule has 0 spiro atoms. The zero-order chi connectivity index (χ0) is 26.9. The fourth-order valence-corrected chi connectivity index (χ4v) is 6.49. The molecular formula is C32H37N5O2. The van der Waals surface area contributed by atoms with Crippen molar-refractivity contribution in [1.29, 1.82) is 0 Å². The molecule has 6 rings (SSSR count). The number of rotatable bonds is 7. The van der Waals surface area contributed by atoms with Crippen molar-refractivity contribution >= 4 is 22.5 Å². The van der Waals surface area contributed by atoms with Crippen molar-refractivity contribution in [2.24, 2.45) is 5.92 Å². The van der Waals surface area contributed by atoms with E-state index in [1.807, 2.05) is 36.4 Å². The summed E-state index contributed by atoms with van der Waals surface area (Å²) in [5, 5.41) is 22.2. The van der Waals surface area contributed by atoms with Gasteiger partial charge in [-0.2, -0.15) is 5.10 Å². The van der Waals surface area contributed by atoms with E-state index >= 15 is 0 Å². The molecule has 4 aromatic rings. The Morgan fingerprint density at radius 1 is 1.08 bits per heavy atom. The second kappa shape index (κ2) is 10.8. The molecule has 2 fully saturated rings. The van der Waals surface area contributed by atoms with E-state index in [0.717, 1.165) is 60.0 Å². The normalized spacial score (nSPS) is 21.7. The lowest BCUT2D eigenvalue weighted by molar-refractivity contribution is 0.0924. The Morgan fingerprint density at radius 2 is 1.85 bits per heavy atom. The standard InChI is InChI=1S/C32H37N5O2/c1-20(2)16-30(29-8-3-4-15-33-29)34-32(39)22-11-14-28-27(17-22)31(36-35-28)21-9-12-23(13-10-21)37-24-6-5-7-25(37)19-26(38)18-24/h3-4,8-15,17,20,24-26,30,38H,5-7,16,18-19H2,1-2H3,(H,34,39)(H,35,36)/t24?,25?,26?,30-/m0/s1. The number of hydrogen-bond acceptors (Lipinski definition) is 5. The van der Waals surface area contributed by atoms with Crippen molar-refractivity contribution in [1.82, 2.24) is 20.5 Å². The van der Waals surface area contributed by atoms with Gasteiger partial charge in [0.2, 0.25) is 0 Å². The summed E-state index contributed by atoms with van der Waals surface area (Å²) < 4.78 is 0. The van der Waals surface area contributed by atoms with Crippen LogP contribution in [0.1, 0.15) is 74.5 Å². The molecule has 0 radical (unpaired) electrons. The van der Waals surface area contributed by atoms with E-state index in [-0.39, 0.29) is 18.1 Å². The van der Waals surface area contributed by atoms with Crippen LogP contribution in [0.2, 0.25) is 0 Å². The Kier molecular flexibility index (Phi) is 7.09. The molecule has 2 bridgehead atoms. The highest BCUT2D eigenvalue weighted by Crippen LogP contribution is 2.38. The maximum absolute atomic E-state index is 13.4. The molecule has 202 valence electrons. The predicted octanol–water partition coefficient (Wildman–Crippen LogP) is 6.02. The van der Waals surface area contributed by atoms with Crippen LogP contribution in [0, 0.1) is 5.92 Å². The molecule has 2 unspecified atom stereocenters. The number of anilines is 1. The Morgan fingerprint density at radius 3 is 2.54 bits per heavy atom. The lowest BCUT2D eigenvalue weighted by atomic mass is 9.82. The first-order valence-corrected chi connectivity index (χ1v) is 14.2. The third-order valence-electron chi connectivity index (χ3n) is 8.27. The van der Waals surface area contributed by atoms with Crippen LogP contribution in [0.3, 0.4) is 0 Å². The zero-order valence-corrected chi connectivity index (χ0v) is 22.7. The van der Waals surface area contributed by atoms with Crippen molar-refractivity contribution in [2.45, 2.75) is 76.6 Å². The summed E-state index contributed by atoms with van der Waals surface area (Å²) >= 11 is 0. The van der Waals surface area contributed by atoms with Crippen LogP contribution in [0.15, 0.2) is 66.9 Å². The Hall–Kier alpha value is -3.71. The predicted molar refractivity (Wildman–Crippen MR) is 155 cm³/mol. The van der Waals surface area contributed by atoms with Gasteiger partial charge < -0.3 is 15.3 Å². The lowest BCUT2D eigenvalue weighted by Gasteiger charge is -2.49. The first-order valence-electron chi connectivity index (χ1n) is 14.2. The summed E-state index contributed by atoms with van der Waals surface area (Å²) in [6, 6.07) is 20.8. The molecule has 2 saturated heterocycles. The summed E-state index contributed by atoms with van der Waals surface area (Å²) in [4.78, 5) is 20.4. The van der Waals surface area contributed by atoms with E-state index < -0.39 is 0 Å². The van der Waals surface area contributed by atoms with Gasteiger partial charge in [0.25, 0.3) is 5.91 Å². The highest BCUT2D eigenvalue weighted by atomic mass is 16.3. The number of carbonyl (C=O) groups is 1. The number of amides is 1. The molecule has 7 nitrogen and oxygen atoms in total. The number of pyridine rings is 1. The minimum absolute atomic E-state index is 0.116. The molecule has 1 amide bonds. The summed E-state index contributed by atoms with van der Waals surface area (Å²) in [6.07, 6.45) is 7.63. The molecular weight excluding hydrogens is 486 g/mol. The smallest absolute Gasteiger partial charge is 0.251 e. The molecule has 2 aromatic heterocycles. The van der Waals surface area contributed by atoms with Crippen LogP contribution in [0.25, 0.3) is 22.2 Å². The number of aromatic nitrogens is 3. The van der Waals surface area contributed by atoms with E-state index in [9.17, 15) is 9.90 Å². The number of H-pyrrole nitrogens is 1. The molecule has 2 aliphatic rings. The van der Waals surface area contributed by atoms with Crippen molar-refractivity contribution in [3.05, 3.63) is 78.1 Å². The number of benzene rings is 2. The summed E-state index contributed by atoms with van der Waals surface area (Å²) in [5.41, 5.74) is 5.43. The number of nitrogens with one attached hydrogen (secondary N) is 2. The van der Waals surface area contributed by atoms with Crippen LogP contribution in [-0.4, -0.2) is 44.4 Å². The number of piperidine rings is 2. The second-order valence-corrected chi connectivity index (χ2v) is 11.6. The van der Waals surface area contributed by atoms with E-state index in [1.165, 1.54) is 12.1 Å². The number of aliphatic hydroxyl groups is 1. The summed E-state index contributed by atoms with van der Waals surface area (Å²) in [6.45, 7) is 4.30. The molecule has 39 heavy (non-hydrogen) atoms. The van der Waals surface area contributed by atoms with Gasteiger partial charge in [0, 0.05) is 40.5 Å². The van der Waals surface area contributed by atoms with Gasteiger partial charge in [-0.15, -0.1) is 0 Å². The number of carbonyl (C=O) groups excluding carboxylic acids is 1. The number of fused-ring (bicyclic) bond motifs is 3. The van der Waals surface area contributed by atoms with Gasteiger partial charge in [0.15, 0.2) is 0 Å². The van der Waals surface area contributed by atoms with Crippen LogP contribution in [-0.2, 0) is 0 Å². The number of nitrogens with zero attached hydrogens (tertiary/aromatic N) is 3. The van der Waals surface area contributed by atoms with Crippen molar-refractivity contribution in [2.75, 3.05) is 4.90 Å². The lowest BCUT2D eigenvalue weighted by Crippen LogP contribution is -2.53. The number of aliphatic hydroxyl groups excluding tert-OH is 1. The highest BCUT2D eigenvalue weighted by molar-refractivity contribution is 6.01. The topological polar surface area (TPSA) is 94.1 Å². The first kappa shape index (κ1) is 25.6. The van der Waals surface area contributed by atoms with Crippen molar-refractivity contribution in [3.8, 4) is 11.3 Å². The molecule has 4 heterocycles. The largest absolute Gasteiger partial charge is 0.393 e. The molecule has 7 heteroatoms. The van der Waals surface area contributed by atoms with E-state index in [0.29, 0.717) is 23.6 Å². The average molecular weight is 524 g/mol. The Bertz CT molecular complexity index is 1420. The van der Waals surface area contributed by atoms with Gasteiger partial charge in [-0.1, -0.05) is 32.0 Å². The monoisotopic (exact) mass is 523 g/mol. The van der Waals surface area contributed by atoms with Crippen LogP contribution < -0.4 is 10.2 Å². The third kappa shape index (κ3) is 5.28. The van der Waals surface area contributed by atoms with Gasteiger partial charge in [0.1, 0.15) is 0 Å². The minimum Gasteiger partial charge on any atom is -0.393 e. The maximum atomic E-state index is 13.4. The zero-order valence-electron chi connectivity index (χ0n) is 22.7. The SMILES string of the molecule is CC(C)C[C@H](NC(=O)c1ccc2[nH]nc(-c3ccc(N4C5CCCC4CC(O)C5)cc3)c2c1)c1ccccn1. The molecule has 3 atom stereocenters. The van der Waals surface area contributed by atoms with Crippen LogP contribution in [0.4, 0.5) is 5.69 Å². The van der Waals surface area contributed by atoms with E-state index in [2.05, 4.69) is 63.5 Å². The van der Waals surface area contributed by atoms with Gasteiger partial charge in [0.05, 0.1) is 29.1 Å². The van der Waals surface area contributed by atoms with E-state index in [4.69, 9.17) is 0 Å². The fraction of sp³-hybridized carbons (Fsp3) is 0.406. The Balaban J connectivity index is 1.24. The van der Waals surface area contributed by atoms with E-state index in [1.54, 1.807) is 6.20 Å². The number of hydrogen-bond donors (Lipinski definition) is 3. The van der Waals surface area contributed by atoms with Gasteiger partial charge in [-0.25, -0.2) is 0 Å². The fourth-order valence-electron chi connectivity index (χ4n) is 6.49. The summed E-state index contributed by atoms with van der Waals surface area (Å²) in [7, 11) is 0.